The zero-order valence-electron chi connectivity index (χ0n) is 56.2. The zero-order valence-corrected chi connectivity index (χ0v) is 56.2. The minimum absolute atomic E-state index is 0.626. The van der Waals surface area contributed by atoms with Gasteiger partial charge in [-0.25, -0.2) is 29.9 Å². The third-order valence-corrected chi connectivity index (χ3v) is 20.0. The second kappa shape index (κ2) is 26.2. The fourth-order valence-corrected chi connectivity index (χ4v) is 14.7. The quantitative estimate of drug-likeness (QED) is 0.111. The molecule has 8 heteroatoms. The second-order valence-corrected chi connectivity index (χ2v) is 26.2. The third-order valence-electron chi connectivity index (χ3n) is 20.0. The Kier molecular flexibility index (Phi) is 15.4. The van der Waals surface area contributed by atoms with Gasteiger partial charge in [0, 0.05) is 58.2 Å². The van der Waals surface area contributed by atoms with Crippen LogP contribution in [0.25, 0.3) is 200 Å². The lowest BCUT2D eigenvalue weighted by molar-refractivity contribution is 1.07. The number of nitrogens with zero attached hydrogens (tertiary/aromatic N) is 8. The van der Waals surface area contributed by atoms with Crippen molar-refractivity contribution in [2.24, 2.45) is 0 Å². The van der Waals surface area contributed by atoms with E-state index in [1.807, 2.05) is 48.9 Å². The maximum Gasteiger partial charge on any atom is 0.164 e. The van der Waals surface area contributed by atoms with Crippen molar-refractivity contribution in [1.82, 2.24) is 39.9 Å². The van der Waals surface area contributed by atoms with Gasteiger partial charge >= 0.3 is 0 Å². The highest BCUT2D eigenvalue weighted by atomic mass is 15.0. The van der Waals surface area contributed by atoms with Gasteiger partial charge in [0.25, 0.3) is 0 Å². The highest BCUT2D eigenvalue weighted by Crippen LogP contribution is 2.43. The van der Waals surface area contributed by atoms with Gasteiger partial charge in [-0.05, 0) is 150 Å². The molecule has 0 N–H and O–H groups in total. The van der Waals surface area contributed by atoms with Gasteiger partial charge in [0.1, 0.15) is 0 Å². The molecule has 8 nitrogen and oxygen atoms in total. The Bertz CT molecular complexity index is 5860. The number of pyridine rings is 2. The number of hydrogen-bond donors (Lipinski definition) is 0. The van der Waals surface area contributed by atoms with Crippen LogP contribution in [0.3, 0.4) is 0 Å². The summed E-state index contributed by atoms with van der Waals surface area (Å²) in [6, 6.07) is 120. The first kappa shape index (κ1) is 61.0. The summed E-state index contributed by atoms with van der Waals surface area (Å²) in [6.45, 7) is 0. The molecule has 0 spiro atoms. The Labute approximate surface area is 600 Å². The molecule has 104 heavy (non-hydrogen) atoms. The summed E-state index contributed by atoms with van der Waals surface area (Å²) in [6.07, 6.45) is 7.29. The third kappa shape index (κ3) is 11.5. The van der Waals surface area contributed by atoms with Crippen molar-refractivity contribution in [3.8, 4) is 135 Å². The predicted molar refractivity (Wildman–Crippen MR) is 428 cm³/mol. The van der Waals surface area contributed by atoms with E-state index >= 15 is 0 Å². The standard InChI is InChI=1S/2C48H30N4/c1-2-6-31(7-3-1)32-11-19-38(20-12-32)46-50-47(39-21-13-33(14-22-39)41-10-5-29-49-30-41)52-48(51-46)40-23-15-34(16-24-40)42-27-25-37-18-17-35-8-4-9-36-26-28-43(42)45(37)44(35)36;1-2-5-31(6-3-1)32-9-17-39(18-10-32)46-50-47(40-19-11-33(12-20-40)34-27-29-49-30-28-34)52-48(51-46)41-21-13-35(14-22-41)42-25-23-38-16-15-36-7-4-8-37-24-26-43(42)45(38)44(36)37/h2*1-30H. The van der Waals surface area contributed by atoms with Crippen molar-refractivity contribution in [3.63, 3.8) is 0 Å². The second-order valence-electron chi connectivity index (χ2n) is 26.2. The van der Waals surface area contributed by atoms with Crippen LogP contribution >= 0.6 is 0 Å². The molecule has 0 aliphatic rings. The first-order chi connectivity index (χ1) is 51.5. The van der Waals surface area contributed by atoms with Gasteiger partial charge in [-0.15, -0.1) is 0 Å². The molecule has 0 bridgehead atoms. The molecule has 4 aromatic heterocycles. The fourth-order valence-electron chi connectivity index (χ4n) is 14.7. The van der Waals surface area contributed by atoms with Gasteiger partial charge in [0.2, 0.25) is 0 Å². The smallest absolute Gasteiger partial charge is 0.164 e. The molecule has 0 saturated carbocycles. The van der Waals surface area contributed by atoms with Crippen LogP contribution < -0.4 is 0 Å². The van der Waals surface area contributed by atoms with Crippen LogP contribution in [0, 0.1) is 0 Å². The van der Waals surface area contributed by atoms with E-state index in [0.29, 0.717) is 34.9 Å². The molecule has 0 unspecified atom stereocenters. The highest BCUT2D eigenvalue weighted by Gasteiger charge is 2.19. The van der Waals surface area contributed by atoms with Crippen LogP contribution in [0.5, 0.6) is 0 Å². The average molecular weight is 1330 g/mol. The van der Waals surface area contributed by atoms with Crippen LogP contribution in [0.4, 0.5) is 0 Å². The molecular weight excluding hydrogens is 1270 g/mol. The summed E-state index contributed by atoms with van der Waals surface area (Å²) in [5, 5.41) is 15.4. The molecule has 0 fully saturated rings. The number of benzene rings is 16. The van der Waals surface area contributed by atoms with Crippen LogP contribution in [0.2, 0.25) is 0 Å². The maximum absolute atomic E-state index is 5.05. The molecule has 0 aliphatic carbocycles. The van der Waals surface area contributed by atoms with Gasteiger partial charge in [0.05, 0.1) is 0 Å². The molecule has 484 valence electrons. The molecule has 0 amide bonds. The van der Waals surface area contributed by atoms with Crippen molar-refractivity contribution >= 4 is 64.6 Å². The van der Waals surface area contributed by atoms with Crippen LogP contribution in [0.15, 0.2) is 365 Å². The summed E-state index contributed by atoms with van der Waals surface area (Å²) in [7, 11) is 0. The maximum atomic E-state index is 5.05. The van der Waals surface area contributed by atoms with Crippen molar-refractivity contribution in [2.45, 2.75) is 0 Å². The van der Waals surface area contributed by atoms with Gasteiger partial charge < -0.3 is 0 Å². The molecule has 0 saturated heterocycles. The molecule has 0 atom stereocenters. The first-order valence-electron chi connectivity index (χ1n) is 34.9. The van der Waals surface area contributed by atoms with Crippen molar-refractivity contribution in [1.29, 1.82) is 0 Å². The van der Waals surface area contributed by atoms with Crippen molar-refractivity contribution < 1.29 is 0 Å². The van der Waals surface area contributed by atoms with E-state index in [0.717, 1.165) is 77.9 Å². The van der Waals surface area contributed by atoms with E-state index in [9.17, 15) is 0 Å². The van der Waals surface area contributed by atoms with Crippen molar-refractivity contribution in [2.75, 3.05) is 0 Å². The minimum atomic E-state index is 0.626. The molecule has 20 rings (SSSR count). The molecule has 0 radical (unpaired) electrons. The van der Waals surface area contributed by atoms with Crippen LogP contribution in [-0.2, 0) is 0 Å². The lowest BCUT2D eigenvalue weighted by Gasteiger charge is -2.14. The van der Waals surface area contributed by atoms with Crippen molar-refractivity contribution in [3.05, 3.63) is 365 Å². The number of hydrogen-bond acceptors (Lipinski definition) is 8. The predicted octanol–water partition coefficient (Wildman–Crippen LogP) is 24.3. The Morgan fingerprint density at radius 2 is 0.404 bits per heavy atom. The molecule has 4 heterocycles. The van der Waals surface area contributed by atoms with E-state index in [1.54, 1.807) is 6.20 Å². The summed E-state index contributed by atoms with van der Waals surface area (Å²) >= 11 is 0. The van der Waals surface area contributed by atoms with E-state index in [-0.39, 0.29) is 0 Å². The summed E-state index contributed by atoms with van der Waals surface area (Å²) in [5.41, 5.74) is 19.3. The fraction of sp³-hybridized carbons (Fsp3) is 0. The Morgan fingerprint density at radius 3 is 0.731 bits per heavy atom. The molecule has 0 aliphatic heterocycles. The highest BCUT2D eigenvalue weighted by molar-refractivity contribution is 6.27. The first-order valence-corrected chi connectivity index (χ1v) is 34.9. The summed E-state index contributed by atoms with van der Waals surface area (Å²) < 4.78 is 0. The lowest BCUT2D eigenvalue weighted by atomic mass is 9.90. The van der Waals surface area contributed by atoms with Gasteiger partial charge in [-0.3, -0.25) is 9.97 Å². The van der Waals surface area contributed by atoms with E-state index < -0.39 is 0 Å². The van der Waals surface area contributed by atoms with Gasteiger partial charge in [0.15, 0.2) is 34.9 Å². The molecular formula is C96H60N8. The van der Waals surface area contributed by atoms with Gasteiger partial charge in [-0.2, -0.15) is 0 Å². The topological polar surface area (TPSA) is 103 Å². The number of rotatable bonds is 12. The Balaban J connectivity index is 0.000000143. The zero-order chi connectivity index (χ0) is 68.9. The lowest BCUT2D eigenvalue weighted by Crippen LogP contribution is -2.00. The minimum Gasteiger partial charge on any atom is -0.265 e. The molecule has 20 aromatic rings. The van der Waals surface area contributed by atoms with E-state index in [2.05, 4.69) is 319 Å². The normalized spacial score (nSPS) is 11.5. The summed E-state index contributed by atoms with van der Waals surface area (Å²) in [5.74, 6) is 3.78. The number of aromatic nitrogens is 8. The largest absolute Gasteiger partial charge is 0.265 e. The Hall–Kier alpha value is -14.1. The molecule has 16 aromatic carbocycles. The summed E-state index contributed by atoms with van der Waals surface area (Å²) in [4.78, 5) is 38.6. The monoisotopic (exact) mass is 1320 g/mol. The van der Waals surface area contributed by atoms with Crippen LogP contribution in [-0.4, -0.2) is 39.9 Å². The van der Waals surface area contributed by atoms with E-state index in [1.165, 1.54) is 86.9 Å². The van der Waals surface area contributed by atoms with E-state index in [4.69, 9.17) is 29.9 Å². The SMILES string of the molecule is c1ccc(-c2ccc(-c3nc(-c4ccc(-c5cccnc5)cc4)nc(-c4ccc(-c5ccc6ccc7cccc8ccc5c6c78)cc4)n3)cc2)cc1.c1ccc(-c2ccc(-c3nc(-c4ccc(-c5ccncc5)cc4)nc(-c4ccc(-c5ccc6ccc7cccc8ccc5c6c78)cc4)n3)cc2)cc1. The van der Waals surface area contributed by atoms with Gasteiger partial charge in [-0.1, -0.05) is 322 Å². The van der Waals surface area contributed by atoms with Crippen LogP contribution in [0.1, 0.15) is 0 Å². The average Bonchev–Trinajstić information content (AvgIpc) is 0.730. The Morgan fingerprint density at radius 1 is 0.144 bits per heavy atom.